The summed E-state index contributed by atoms with van der Waals surface area (Å²) >= 11 is 0. The molecule has 0 saturated carbocycles. The van der Waals surface area contributed by atoms with Crippen LogP contribution in [-0.2, 0) is 10.9 Å². The van der Waals surface area contributed by atoms with Gasteiger partial charge < -0.3 is 19.1 Å². The van der Waals surface area contributed by atoms with Gasteiger partial charge in [0.25, 0.3) is 0 Å². The first kappa shape index (κ1) is 16.6. The molecule has 1 aliphatic heterocycles. The number of methoxy groups -OCH3 is 2. The summed E-state index contributed by atoms with van der Waals surface area (Å²) in [5.41, 5.74) is 0.150. The highest BCUT2D eigenvalue weighted by Crippen LogP contribution is 2.37. The lowest BCUT2D eigenvalue weighted by molar-refractivity contribution is -0.144. The summed E-state index contributed by atoms with van der Waals surface area (Å²) < 4.78 is 55.2. The van der Waals surface area contributed by atoms with Gasteiger partial charge in [0, 0.05) is 24.5 Å². The van der Waals surface area contributed by atoms with Crippen molar-refractivity contribution in [3.05, 3.63) is 18.0 Å². The van der Waals surface area contributed by atoms with Crippen LogP contribution in [0, 0.1) is 0 Å². The molecular formula is C15H16F3N3O3. The Kier molecular flexibility index (Phi) is 4.35. The molecule has 2 heterocycles. The van der Waals surface area contributed by atoms with Crippen molar-refractivity contribution in [3.8, 4) is 11.5 Å². The van der Waals surface area contributed by atoms with Gasteiger partial charge in [0.1, 0.15) is 5.82 Å². The summed E-state index contributed by atoms with van der Waals surface area (Å²) in [6.07, 6.45) is -4.64. The number of ether oxygens (including phenoxy) is 3. The number of anilines is 1. The number of rotatable bonds is 3. The predicted molar refractivity (Wildman–Crippen MR) is 80.7 cm³/mol. The Hall–Kier alpha value is -2.29. The lowest BCUT2D eigenvalue weighted by atomic mass is 10.2. The average molecular weight is 343 g/mol. The molecule has 0 amide bonds. The van der Waals surface area contributed by atoms with E-state index < -0.39 is 12.0 Å². The molecular weight excluding hydrogens is 327 g/mol. The Bertz CT molecular complexity index is 746. The topological polar surface area (TPSA) is 56.7 Å². The monoisotopic (exact) mass is 343 g/mol. The molecule has 0 radical (unpaired) electrons. The highest BCUT2D eigenvalue weighted by molar-refractivity contribution is 5.92. The van der Waals surface area contributed by atoms with Gasteiger partial charge in [-0.15, -0.1) is 0 Å². The van der Waals surface area contributed by atoms with Crippen molar-refractivity contribution in [1.82, 2.24) is 9.97 Å². The molecule has 1 fully saturated rings. The summed E-state index contributed by atoms with van der Waals surface area (Å²) in [4.78, 5) is 9.18. The fourth-order valence-corrected chi connectivity index (χ4v) is 2.58. The number of hydrogen-bond acceptors (Lipinski definition) is 6. The quantitative estimate of drug-likeness (QED) is 0.854. The fraction of sp³-hybridized carbons (Fsp3) is 0.467. The Morgan fingerprint density at radius 1 is 1.04 bits per heavy atom. The van der Waals surface area contributed by atoms with Crippen molar-refractivity contribution in [3.63, 3.8) is 0 Å². The summed E-state index contributed by atoms with van der Waals surface area (Å²) in [5.74, 6) is -0.243. The molecule has 0 N–H and O–H groups in total. The van der Waals surface area contributed by atoms with Gasteiger partial charge in [0.2, 0.25) is 5.82 Å². The minimum absolute atomic E-state index is 0.150. The van der Waals surface area contributed by atoms with Crippen LogP contribution < -0.4 is 14.4 Å². The van der Waals surface area contributed by atoms with Crippen LogP contribution in [0.25, 0.3) is 10.9 Å². The number of alkyl halides is 3. The van der Waals surface area contributed by atoms with Crippen molar-refractivity contribution in [2.45, 2.75) is 6.18 Å². The van der Waals surface area contributed by atoms with E-state index in [1.54, 1.807) is 11.0 Å². The molecule has 9 heteroatoms. The molecule has 1 aromatic carbocycles. The van der Waals surface area contributed by atoms with Crippen LogP contribution in [0.1, 0.15) is 5.82 Å². The third-order valence-electron chi connectivity index (χ3n) is 3.75. The molecule has 3 rings (SSSR count). The number of benzene rings is 1. The van der Waals surface area contributed by atoms with E-state index in [9.17, 15) is 13.2 Å². The number of aromatic nitrogens is 2. The normalized spacial score (nSPS) is 15.6. The molecule has 0 spiro atoms. The second-order valence-corrected chi connectivity index (χ2v) is 5.19. The van der Waals surface area contributed by atoms with Gasteiger partial charge in [-0.1, -0.05) is 0 Å². The Balaban J connectivity index is 2.24. The molecule has 6 nitrogen and oxygen atoms in total. The van der Waals surface area contributed by atoms with Crippen molar-refractivity contribution in [2.75, 3.05) is 45.4 Å². The van der Waals surface area contributed by atoms with Gasteiger partial charge in [0.05, 0.1) is 33.0 Å². The van der Waals surface area contributed by atoms with E-state index in [0.717, 1.165) is 0 Å². The van der Waals surface area contributed by atoms with E-state index in [4.69, 9.17) is 14.2 Å². The van der Waals surface area contributed by atoms with Gasteiger partial charge in [-0.05, 0) is 6.07 Å². The van der Waals surface area contributed by atoms with Crippen molar-refractivity contribution < 1.29 is 27.4 Å². The lowest BCUT2D eigenvalue weighted by Gasteiger charge is -2.29. The Morgan fingerprint density at radius 2 is 1.67 bits per heavy atom. The van der Waals surface area contributed by atoms with E-state index in [1.165, 1.54) is 20.3 Å². The molecule has 0 aliphatic carbocycles. The van der Waals surface area contributed by atoms with Gasteiger partial charge in [0.15, 0.2) is 11.5 Å². The average Bonchev–Trinajstić information content (AvgIpc) is 2.59. The smallest absolute Gasteiger partial charge is 0.451 e. The van der Waals surface area contributed by atoms with Crippen LogP contribution in [-0.4, -0.2) is 50.5 Å². The minimum Gasteiger partial charge on any atom is -0.493 e. The Labute approximate surface area is 136 Å². The van der Waals surface area contributed by atoms with Crippen LogP contribution in [0.3, 0.4) is 0 Å². The van der Waals surface area contributed by atoms with Crippen LogP contribution in [0.15, 0.2) is 12.1 Å². The third kappa shape index (κ3) is 3.03. The molecule has 1 aliphatic rings. The standard InChI is InChI=1S/C15H16F3N3O3/c1-22-11-7-9-10(8-12(11)23-2)19-14(15(16,17)18)20-13(9)21-3-5-24-6-4-21/h7-8H,3-6H2,1-2H3. The maximum atomic E-state index is 13.2. The zero-order valence-corrected chi connectivity index (χ0v) is 13.2. The number of fused-ring (bicyclic) bond motifs is 1. The minimum atomic E-state index is -4.64. The molecule has 0 bridgehead atoms. The van der Waals surface area contributed by atoms with Crippen LogP contribution in [0.4, 0.5) is 19.0 Å². The highest BCUT2D eigenvalue weighted by Gasteiger charge is 2.36. The summed E-state index contributed by atoms with van der Waals surface area (Å²) in [5, 5.41) is 0.475. The summed E-state index contributed by atoms with van der Waals surface area (Å²) in [7, 11) is 2.88. The SMILES string of the molecule is COc1cc2nc(C(F)(F)F)nc(N3CCOCC3)c2cc1OC. The summed E-state index contributed by atoms with van der Waals surface area (Å²) in [6.45, 7) is 1.77. The number of nitrogens with zero attached hydrogens (tertiary/aromatic N) is 3. The molecule has 0 unspecified atom stereocenters. The van der Waals surface area contributed by atoms with Gasteiger partial charge >= 0.3 is 6.18 Å². The largest absolute Gasteiger partial charge is 0.493 e. The molecule has 2 aromatic rings. The van der Waals surface area contributed by atoms with E-state index in [-0.39, 0.29) is 11.3 Å². The molecule has 130 valence electrons. The zero-order chi connectivity index (χ0) is 17.3. The second-order valence-electron chi connectivity index (χ2n) is 5.19. The van der Waals surface area contributed by atoms with Gasteiger partial charge in [-0.25, -0.2) is 9.97 Å². The van der Waals surface area contributed by atoms with Crippen molar-refractivity contribution >= 4 is 16.7 Å². The second kappa shape index (κ2) is 6.31. The first-order chi connectivity index (χ1) is 11.4. The van der Waals surface area contributed by atoms with Crippen LogP contribution in [0.5, 0.6) is 11.5 Å². The first-order valence-corrected chi connectivity index (χ1v) is 7.27. The van der Waals surface area contributed by atoms with Gasteiger partial charge in [-0.3, -0.25) is 0 Å². The maximum Gasteiger partial charge on any atom is 0.451 e. The molecule has 1 aromatic heterocycles. The van der Waals surface area contributed by atoms with E-state index in [1.807, 2.05) is 0 Å². The van der Waals surface area contributed by atoms with Crippen molar-refractivity contribution in [1.29, 1.82) is 0 Å². The fourth-order valence-electron chi connectivity index (χ4n) is 2.58. The van der Waals surface area contributed by atoms with E-state index in [0.29, 0.717) is 43.2 Å². The number of halogens is 3. The number of morpholine rings is 1. The maximum absolute atomic E-state index is 13.2. The Morgan fingerprint density at radius 3 is 2.25 bits per heavy atom. The third-order valence-corrected chi connectivity index (χ3v) is 3.75. The zero-order valence-electron chi connectivity index (χ0n) is 13.2. The summed E-state index contributed by atoms with van der Waals surface area (Å²) in [6, 6.07) is 3.02. The van der Waals surface area contributed by atoms with Crippen LogP contribution >= 0.6 is 0 Å². The highest BCUT2D eigenvalue weighted by atomic mass is 19.4. The number of hydrogen-bond donors (Lipinski definition) is 0. The lowest BCUT2D eigenvalue weighted by Crippen LogP contribution is -2.37. The molecule has 1 saturated heterocycles. The predicted octanol–water partition coefficient (Wildman–Crippen LogP) is 2.50. The first-order valence-electron chi connectivity index (χ1n) is 7.27. The molecule has 0 atom stereocenters. The molecule has 24 heavy (non-hydrogen) atoms. The van der Waals surface area contributed by atoms with E-state index >= 15 is 0 Å². The van der Waals surface area contributed by atoms with E-state index in [2.05, 4.69) is 9.97 Å². The van der Waals surface area contributed by atoms with Crippen molar-refractivity contribution in [2.24, 2.45) is 0 Å². The van der Waals surface area contributed by atoms with Crippen LogP contribution in [0.2, 0.25) is 0 Å². The van der Waals surface area contributed by atoms with Gasteiger partial charge in [-0.2, -0.15) is 13.2 Å².